The SMILES string of the molecule is C/C(=N\OC(=O)C(C)(C)N1CCOCC1)c1ccccc1.CCC(C)(C(=O)O/N=C(\C)c1ccccc1)N1CCCC1.COC(C)(C)C(=O)O/N=C(\C)c1ccc(SC)cc1.CSC(C(=O)O/N=C(\C)c1ccccc1)(c1ccccc1)c1ccccc1.CSC(C)(C)C(=O)O/N=C(\C)c1ccc(N2CCOCC2)cc1. The van der Waals surface area contributed by atoms with E-state index < -0.39 is 38.1 Å². The predicted molar refractivity (Wildman–Crippen MR) is 450 cm³/mol. The van der Waals surface area contributed by atoms with E-state index in [1.807, 2.05) is 276 Å². The number of oxime groups is 5. The number of ether oxygens (including phenoxy) is 3. The topological polar surface area (TPSA) is 231 Å². The van der Waals surface area contributed by atoms with Crippen LogP contribution in [0.1, 0.15) is 148 Å². The van der Waals surface area contributed by atoms with Gasteiger partial charge in [-0.25, -0.2) is 24.0 Å². The van der Waals surface area contributed by atoms with Gasteiger partial charge in [0, 0.05) is 43.9 Å². The summed E-state index contributed by atoms with van der Waals surface area (Å²) in [6.45, 7) is 31.7. The van der Waals surface area contributed by atoms with Crippen LogP contribution in [0, 0.1) is 0 Å². The Balaban J connectivity index is 0.000000218. The maximum absolute atomic E-state index is 13.3. The van der Waals surface area contributed by atoms with Gasteiger partial charge in [-0.15, -0.1) is 35.3 Å². The van der Waals surface area contributed by atoms with Crippen LogP contribution in [0.5, 0.6) is 0 Å². The maximum atomic E-state index is 13.3. The van der Waals surface area contributed by atoms with Crippen LogP contribution in [0.15, 0.2) is 231 Å². The van der Waals surface area contributed by atoms with Gasteiger partial charge in [-0.1, -0.05) is 209 Å². The van der Waals surface area contributed by atoms with E-state index in [1.165, 1.54) is 41.2 Å². The monoisotopic (exact) mass is 1570 g/mol. The molecule has 0 bridgehead atoms. The van der Waals surface area contributed by atoms with E-state index >= 15 is 0 Å². The summed E-state index contributed by atoms with van der Waals surface area (Å²) < 4.78 is 14.1. The highest BCUT2D eigenvalue weighted by molar-refractivity contribution is 8.00. The molecule has 0 amide bonds. The summed E-state index contributed by atoms with van der Waals surface area (Å²) in [5, 5.41) is 19.9. The van der Waals surface area contributed by atoms with Crippen LogP contribution in [0.2, 0.25) is 0 Å². The van der Waals surface area contributed by atoms with Crippen LogP contribution in [-0.4, -0.2) is 181 Å². The van der Waals surface area contributed by atoms with Gasteiger partial charge in [-0.3, -0.25) is 9.80 Å². The molecular formula is C87H110N8O13S3. The lowest BCUT2D eigenvalue weighted by Crippen LogP contribution is -2.54. The second-order valence-electron chi connectivity index (χ2n) is 27.8. The van der Waals surface area contributed by atoms with Crippen LogP contribution in [0.4, 0.5) is 5.69 Å². The number of hydrogen-bond acceptors (Lipinski definition) is 24. The van der Waals surface area contributed by atoms with E-state index in [9.17, 15) is 24.0 Å². The van der Waals surface area contributed by atoms with Gasteiger partial charge in [0.25, 0.3) is 0 Å². The molecule has 0 spiro atoms. The van der Waals surface area contributed by atoms with Crippen LogP contribution < -0.4 is 4.90 Å². The minimum absolute atomic E-state index is 0.262. The van der Waals surface area contributed by atoms with Gasteiger partial charge in [0.2, 0.25) is 0 Å². The van der Waals surface area contributed by atoms with Gasteiger partial charge in [0.15, 0.2) is 10.3 Å². The lowest BCUT2D eigenvalue weighted by Gasteiger charge is -2.37. The van der Waals surface area contributed by atoms with E-state index in [4.69, 9.17) is 38.4 Å². The van der Waals surface area contributed by atoms with Crippen LogP contribution in [0.3, 0.4) is 0 Å². The molecule has 3 aliphatic rings. The van der Waals surface area contributed by atoms with E-state index in [0.717, 1.165) is 111 Å². The van der Waals surface area contributed by atoms with Crippen molar-refractivity contribution in [2.45, 2.75) is 140 Å². The summed E-state index contributed by atoms with van der Waals surface area (Å²) in [6.07, 6.45) is 8.83. The van der Waals surface area contributed by atoms with Crippen molar-refractivity contribution in [1.29, 1.82) is 0 Å². The molecule has 3 fully saturated rings. The van der Waals surface area contributed by atoms with Gasteiger partial charge in [0.1, 0.15) is 15.8 Å². The molecule has 0 aliphatic carbocycles. The summed E-state index contributed by atoms with van der Waals surface area (Å²) in [6, 6.07) is 64.4. The van der Waals surface area contributed by atoms with Gasteiger partial charge in [-0.05, 0) is 197 Å². The summed E-state index contributed by atoms with van der Waals surface area (Å²) >= 11 is 4.55. The highest BCUT2D eigenvalue weighted by atomic mass is 32.2. The van der Waals surface area contributed by atoms with E-state index in [1.54, 1.807) is 32.5 Å². The van der Waals surface area contributed by atoms with Crippen molar-refractivity contribution < 1.29 is 62.4 Å². The van der Waals surface area contributed by atoms with E-state index in [0.29, 0.717) is 41.8 Å². The molecule has 3 saturated heterocycles. The third kappa shape index (κ3) is 27.1. The van der Waals surface area contributed by atoms with Gasteiger partial charge >= 0.3 is 29.8 Å². The third-order valence-corrected chi connectivity index (χ3v) is 22.4. The molecule has 0 aromatic heterocycles. The Morgan fingerprint density at radius 1 is 0.396 bits per heavy atom. The fourth-order valence-electron chi connectivity index (χ4n) is 11.1. The molecule has 10 rings (SSSR count). The van der Waals surface area contributed by atoms with Crippen molar-refractivity contribution in [2.75, 3.05) is 96.5 Å². The lowest BCUT2D eigenvalue weighted by molar-refractivity contribution is -0.165. The zero-order valence-electron chi connectivity index (χ0n) is 67.4. The molecule has 3 aliphatic heterocycles. The average molecular weight is 1570 g/mol. The zero-order valence-corrected chi connectivity index (χ0v) is 69.8. The van der Waals surface area contributed by atoms with Gasteiger partial charge < -0.3 is 43.3 Å². The number of rotatable bonds is 25. The summed E-state index contributed by atoms with van der Waals surface area (Å²) in [5.74, 6) is -1.88. The number of methoxy groups -OCH3 is 1. The minimum atomic E-state index is -0.994. The smallest absolute Gasteiger partial charge is 0.365 e. The molecule has 111 heavy (non-hydrogen) atoms. The first-order valence-electron chi connectivity index (χ1n) is 37.0. The Labute approximate surface area is 669 Å². The Morgan fingerprint density at radius 3 is 1.11 bits per heavy atom. The number of morpholine rings is 2. The Bertz CT molecular complexity index is 4150. The number of carbonyl (C=O) groups is 5. The molecule has 3 heterocycles. The standard InChI is InChI=1S/C23H21NO2S.C17H24N2O3S.C17H24N2O2.C16H22N2O3.C14H19NO3S/c1-18(19-12-6-3-7-13-19)24-26-22(25)23(27-2,20-14-8-4-9-15-20)21-16-10-5-11-17-21;1-13(18-22-16(20)17(2,3)23-4)14-5-7-15(8-6-14)19-9-11-21-12-10-19;1-4-17(3,19-12-8-9-13-19)16(20)21-18-14(2)15-10-6-5-7-11-15;1-13(14-7-5-4-6-8-14)17-21-15(19)16(2,3)18-9-11-20-12-10-18;1-10(11-6-8-12(19-5)9-7-11)15-18-13(16)14(2,3)17-4/h3-17H,1-2H3;5-8H,9-12H2,1-4H3;5-7,10-11H,4,8-9,12-13H2,1-3H3;4-8H,9-12H2,1-3H3;6-9H,1-5H3/b24-18+;18-13+;18-14+;17-13+;15-10+. The molecule has 0 radical (unpaired) electrons. The van der Waals surface area contributed by atoms with Crippen LogP contribution in [-0.2, 0) is 67.1 Å². The minimum Gasteiger partial charge on any atom is -0.379 e. The van der Waals surface area contributed by atoms with Crippen molar-refractivity contribution in [3.63, 3.8) is 0 Å². The molecule has 24 heteroatoms. The zero-order chi connectivity index (χ0) is 81.0. The fraction of sp³-hybridized carbons (Fsp3) is 0.402. The normalized spacial score (nSPS) is 15.4. The van der Waals surface area contributed by atoms with Crippen molar-refractivity contribution in [3.8, 4) is 0 Å². The lowest BCUT2D eigenvalue weighted by atomic mass is 9.90. The number of thioether (sulfide) groups is 3. The molecule has 594 valence electrons. The highest BCUT2D eigenvalue weighted by Gasteiger charge is 2.45. The summed E-state index contributed by atoms with van der Waals surface area (Å²) in [5.41, 5.74) is 8.68. The molecule has 1 unspecified atom stereocenters. The van der Waals surface area contributed by atoms with Crippen molar-refractivity contribution >= 4 is 99.4 Å². The number of likely N-dealkylation sites (tertiary alicyclic amines) is 1. The Morgan fingerprint density at radius 2 is 0.739 bits per heavy atom. The number of anilines is 1. The maximum Gasteiger partial charge on any atom is 0.365 e. The average Bonchev–Trinajstić information content (AvgIpc) is 1.50. The summed E-state index contributed by atoms with van der Waals surface area (Å²) in [7, 11) is 1.46. The van der Waals surface area contributed by atoms with Crippen LogP contribution in [0.25, 0.3) is 0 Å². The first kappa shape index (κ1) is 90.8. The highest BCUT2D eigenvalue weighted by Crippen LogP contribution is 2.43. The molecule has 7 aromatic rings. The van der Waals surface area contributed by atoms with Crippen molar-refractivity contribution in [2.24, 2.45) is 25.8 Å². The third-order valence-electron chi connectivity index (χ3n) is 19.3. The largest absolute Gasteiger partial charge is 0.379 e. The number of benzene rings is 7. The number of nitrogens with zero attached hydrogens (tertiary/aromatic N) is 8. The first-order chi connectivity index (χ1) is 53.1. The van der Waals surface area contributed by atoms with Gasteiger partial charge in [0.05, 0.1) is 55.0 Å². The quantitative estimate of drug-likeness (QED) is 0.0224. The Hall–Kier alpha value is -9.11. The molecular weight excluding hydrogens is 1460 g/mol. The van der Waals surface area contributed by atoms with E-state index in [-0.39, 0.29) is 17.9 Å². The molecule has 0 N–H and O–H groups in total. The van der Waals surface area contributed by atoms with Crippen molar-refractivity contribution in [1.82, 2.24) is 9.80 Å². The molecule has 1 atom stereocenters. The number of hydrogen-bond donors (Lipinski definition) is 0. The van der Waals surface area contributed by atoms with E-state index in [2.05, 4.69) is 52.6 Å². The molecule has 7 aromatic carbocycles. The predicted octanol–water partition coefficient (Wildman–Crippen LogP) is 16.6. The number of carbonyl (C=O) groups excluding carboxylic acids is 5. The van der Waals surface area contributed by atoms with Gasteiger partial charge in [-0.2, -0.15) is 0 Å². The summed E-state index contributed by atoms with van der Waals surface area (Å²) in [4.78, 5) is 95.1. The second-order valence-corrected chi connectivity index (χ2v) is 31.1. The van der Waals surface area contributed by atoms with Crippen molar-refractivity contribution in [3.05, 3.63) is 239 Å². The second kappa shape index (κ2) is 45.4. The first-order valence-corrected chi connectivity index (χ1v) is 40.7. The molecule has 0 saturated carbocycles. The molecule has 21 nitrogen and oxygen atoms in total. The fourth-order valence-corrected chi connectivity index (χ4v) is 12.7. The Kier molecular flexibility index (Phi) is 37.1. The van der Waals surface area contributed by atoms with Crippen LogP contribution >= 0.6 is 35.3 Å².